The van der Waals surface area contributed by atoms with Gasteiger partial charge in [0.2, 0.25) is 5.91 Å². The van der Waals surface area contributed by atoms with E-state index in [1.807, 2.05) is 0 Å². The molecule has 1 saturated heterocycles. The minimum absolute atomic E-state index is 0.0357. The molecule has 1 aliphatic carbocycles. The van der Waals surface area contributed by atoms with Crippen LogP contribution in [0.3, 0.4) is 0 Å². The highest BCUT2D eigenvalue weighted by molar-refractivity contribution is 5.78. The van der Waals surface area contributed by atoms with E-state index >= 15 is 0 Å². The van der Waals surface area contributed by atoms with Crippen molar-refractivity contribution in [2.75, 3.05) is 39.3 Å². The highest BCUT2D eigenvalue weighted by Crippen LogP contribution is 2.28. The Balaban J connectivity index is 1.43. The number of carbonyl (C=O) groups is 1. The molecule has 0 aromatic heterocycles. The predicted molar refractivity (Wildman–Crippen MR) is 104 cm³/mol. The zero-order valence-corrected chi connectivity index (χ0v) is 16.5. The SMILES string of the molecule is CC(C)CN1CCOC(CNC(=O)CN(Cc2ccc(F)cc2)C2CC2)C1. The van der Waals surface area contributed by atoms with Crippen molar-refractivity contribution in [3.05, 3.63) is 35.6 Å². The lowest BCUT2D eigenvalue weighted by atomic mass is 10.2. The molecule has 1 aromatic carbocycles. The molecular formula is C21H32FN3O2. The predicted octanol–water partition coefficient (Wildman–Crippen LogP) is 2.26. The summed E-state index contributed by atoms with van der Waals surface area (Å²) in [5, 5.41) is 3.04. The van der Waals surface area contributed by atoms with Gasteiger partial charge in [-0.15, -0.1) is 0 Å². The lowest BCUT2D eigenvalue weighted by Gasteiger charge is -2.34. The first-order chi connectivity index (χ1) is 13.0. The fraction of sp³-hybridized carbons (Fsp3) is 0.667. The normalized spacial score (nSPS) is 21.0. The summed E-state index contributed by atoms with van der Waals surface area (Å²) in [6, 6.07) is 7.00. The lowest BCUT2D eigenvalue weighted by Crippen LogP contribution is -2.49. The number of rotatable bonds is 9. The second kappa shape index (κ2) is 9.62. The minimum Gasteiger partial charge on any atom is -0.374 e. The molecular weight excluding hydrogens is 345 g/mol. The van der Waals surface area contributed by atoms with Crippen LogP contribution in [-0.4, -0.2) is 67.2 Å². The molecule has 1 amide bonds. The Hall–Kier alpha value is -1.50. The number of morpholine rings is 1. The zero-order valence-electron chi connectivity index (χ0n) is 16.5. The number of hydrogen-bond donors (Lipinski definition) is 1. The van der Waals surface area contributed by atoms with Crippen LogP contribution in [0, 0.1) is 11.7 Å². The lowest BCUT2D eigenvalue weighted by molar-refractivity contribution is -0.123. The monoisotopic (exact) mass is 377 g/mol. The fourth-order valence-corrected chi connectivity index (χ4v) is 3.63. The molecule has 6 heteroatoms. The van der Waals surface area contributed by atoms with Crippen molar-refractivity contribution in [1.29, 1.82) is 0 Å². The third kappa shape index (κ3) is 6.87. The fourth-order valence-electron chi connectivity index (χ4n) is 3.63. The van der Waals surface area contributed by atoms with Crippen LogP contribution in [0.5, 0.6) is 0 Å². The summed E-state index contributed by atoms with van der Waals surface area (Å²) >= 11 is 0. The van der Waals surface area contributed by atoms with E-state index in [1.54, 1.807) is 12.1 Å². The van der Waals surface area contributed by atoms with Crippen LogP contribution in [0.25, 0.3) is 0 Å². The zero-order chi connectivity index (χ0) is 19.2. The highest BCUT2D eigenvalue weighted by Gasteiger charge is 2.30. The molecule has 0 spiro atoms. The van der Waals surface area contributed by atoms with Crippen LogP contribution in [0.1, 0.15) is 32.3 Å². The number of carbonyl (C=O) groups excluding carboxylic acids is 1. The van der Waals surface area contributed by atoms with Gasteiger partial charge in [0.25, 0.3) is 0 Å². The van der Waals surface area contributed by atoms with Gasteiger partial charge in [0.1, 0.15) is 5.82 Å². The molecule has 3 rings (SSSR count). The van der Waals surface area contributed by atoms with Gasteiger partial charge in [0, 0.05) is 38.8 Å². The standard InChI is InChI=1S/C21H32FN3O2/c1-16(2)12-24-9-10-27-20(14-24)11-23-21(26)15-25(19-7-8-19)13-17-3-5-18(22)6-4-17/h3-6,16,19-20H,7-15H2,1-2H3,(H,23,26). The van der Waals surface area contributed by atoms with Crippen LogP contribution in [0.4, 0.5) is 4.39 Å². The number of nitrogens with zero attached hydrogens (tertiary/aromatic N) is 2. The largest absolute Gasteiger partial charge is 0.374 e. The number of halogens is 1. The van der Waals surface area contributed by atoms with Gasteiger partial charge < -0.3 is 10.1 Å². The van der Waals surface area contributed by atoms with Gasteiger partial charge in [-0.05, 0) is 36.5 Å². The Morgan fingerprint density at radius 2 is 2.07 bits per heavy atom. The molecule has 1 unspecified atom stereocenters. The quantitative estimate of drug-likeness (QED) is 0.717. The van der Waals surface area contributed by atoms with Gasteiger partial charge in [-0.25, -0.2) is 4.39 Å². The van der Waals surface area contributed by atoms with Crippen molar-refractivity contribution in [1.82, 2.24) is 15.1 Å². The topological polar surface area (TPSA) is 44.8 Å². The van der Waals surface area contributed by atoms with Crippen LogP contribution >= 0.6 is 0 Å². The maximum atomic E-state index is 13.1. The molecule has 1 aliphatic heterocycles. The Morgan fingerprint density at radius 1 is 1.33 bits per heavy atom. The summed E-state index contributed by atoms with van der Waals surface area (Å²) in [5.74, 6) is 0.443. The third-order valence-electron chi connectivity index (χ3n) is 5.08. The molecule has 27 heavy (non-hydrogen) atoms. The number of benzene rings is 1. The van der Waals surface area contributed by atoms with E-state index in [0.717, 1.165) is 44.6 Å². The molecule has 1 saturated carbocycles. The van der Waals surface area contributed by atoms with Crippen LogP contribution in [0.2, 0.25) is 0 Å². The maximum Gasteiger partial charge on any atom is 0.234 e. The number of hydrogen-bond acceptors (Lipinski definition) is 4. The van der Waals surface area contributed by atoms with Crippen molar-refractivity contribution in [3.8, 4) is 0 Å². The molecule has 1 atom stereocenters. The van der Waals surface area contributed by atoms with Crippen molar-refractivity contribution in [3.63, 3.8) is 0 Å². The summed E-state index contributed by atoms with van der Waals surface area (Å²) in [6.07, 6.45) is 2.32. The average Bonchev–Trinajstić information content (AvgIpc) is 3.46. The highest BCUT2D eigenvalue weighted by atomic mass is 19.1. The first-order valence-corrected chi connectivity index (χ1v) is 10.1. The third-order valence-corrected chi connectivity index (χ3v) is 5.08. The van der Waals surface area contributed by atoms with Crippen LogP contribution < -0.4 is 5.32 Å². The van der Waals surface area contributed by atoms with E-state index < -0.39 is 0 Å². The van der Waals surface area contributed by atoms with E-state index in [9.17, 15) is 9.18 Å². The van der Waals surface area contributed by atoms with Gasteiger partial charge >= 0.3 is 0 Å². The summed E-state index contributed by atoms with van der Waals surface area (Å²) < 4.78 is 18.9. The maximum absolute atomic E-state index is 13.1. The van der Waals surface area contributed by atoms with Gasteiger partial charge in [0.15, 0.2) is 0 Å². The van der Waals surface area contributed by atoms with E-state index in [-0.39, 0.29) is 17.8 Å². The molecule has 1 N–H and O–H groups in total. The van der Waals surface area contributed by atoms with E-state index in [0.29, 0.717) is 31.6 Å². The number of ether oxygens (including phenoxy) is 1. The molecule has 2 aliphatic rings. The van der Waals surface area contributed by atoms with E-state index in [2.05, 4.69) is 29.0 Å². The molecule has 150 valence electrons. The number of amides is 1. The average molecular weight is 378 g/mol. The van der Waals surface area contributed by atoms with E-state index in [4.69, 9.17) is 4.74 Å². The second-order valence-electron chi connectivity index (χ2n) is 8.21. The van der Waals surface area contributed by atoms with Gasteiger partial charge in [0.05, 0.1) is 19.3 Å². The van der Waals surface area contributed by atoms with Crippen molar-refractivity contribution >= 4 is 5.91 Å². The summed E-state index contributed by atoms with van der Waals surface area (Å²) in [4.78, 5) is 17.1. The Labute approximate surface area is 161 Å². The van der Waals surface area contributed by atoms with Crippen molar-refractivity contribution in [2.24, 2.45) is 5.92 Å². The molecule has 1 heterocycles. The van der Waals surface area contributed by atoms with Crippen molar-refractivity contribution in [2.45, 2.75) is 45.4 Å². The summed E-state index contributed by atoms with van der Waals surface area (Å²) in [6.45, 7) is 9.70. The van der Waals surface area contributed by atoms with Gasteiger partial charge in [-0.1, -0.05) is 26.0 Å². The molecule has 0 bridgehead atoms. The molecule has 0 radical (unpaired) electrons. The minimum atomic E-state index is -0.228. The first-order valence-electron chi connectivity index (χ1n) is 10.1. The smallest absolute Gasteiger partial charge is 0.234 e. The van der Waals surface area contributed by atoms with E-state index in [1.165, 1.54) is 12.1 Å². The van der Waals surface area contributed by atoms with Gasteiger partial charge in [-0.3, -0.25) is 14.6 Å². The first kappa shape index (κ1) is 20.2. The molecule has 1 aromatic rings. The van der Waals surface area contributed by atoms with Crippen molar-refractivity contribution < 1.29 is 13.9 Å². The Kier molecular flexibility index (Phi) is 7.21. The van der Waals surface area contributed by atoms with Crippen LogP contribution in [-0.2, 0) is 16.1 Å². The summed E-state index contributed by atoms with van der Waals surface area (Å²) in [7, 11) is 0. The van der Waals surface area contributed by atoms with Crippen LogP contribution in [0.15, 0.2) is 24.3 Å². The Bertz CT molecular complexity index is 604. The summed E-state index contributed by atoms with van der Waals surface area (Å²) in [5.41, 5.74) is 1.04. The molecule has 5 nitrogen and oxygen atoms in total. The Morgan fingerprint density at radius 3 is 2.74 bits per heavy atom. The second-order valence-corrected chi connectivity index (χ2v) is 8.21. The van der Waals surface area contributed by atoms with Gasteiger partial charge in [-0.2, -0.15) is 0 Å². The molecule has 2 fully saturated rings. The number of nitrogens with one attached hydrogen (secondary N) is 1.